The second-order valence-electron chi connectivity index (χ2n) is 2.69. The van der Waals surface area contributed by atoms with Crippen LogP contribution in [0.3, 0.4) is 0 Å². The molecule has 0 fully saturated rings. The van der Waals surface area contributed by atoms with Gasteiger partial charge in [0.2, 0.25) is 0 Å². The predicted octanol–water partition coefficient (Wildman–Crippen LogP) is 3.47. The van der Waals surface area contributed by atoms with E-state index in [-0.39, 0.29) is 0 Å². The first-order valence-electron chi connectivity index (χ1n) is 4.30. The summed E-state index contributed by atoms with van der Waals surface area (Å²) in [6, 6.07) is 5.62. The summed E-state index contributed by atoms with van der Waals surface area (Å²) in [5.74, 6) is 2.19. The Balaban J connectivity index is 2.64. The molecule has 0 amide bonds. The minimum atomic E-state index is 0.613. The number of rotatable bonds is 5. The fraction of sp³-hybridized carbons (Fsp3) is 0.400. The Hall–Kier alpha value is -0.410. The van der Waals surface area contributed by atoms with Crippen LogP contribution in [0.1, 0.15) is 6.42 Å². The van der Waals surface area contributed by atoms with E-state index in [1.54, 1.807) is 7.11 Å². The van der Waals surface area contributed by atoms with Gasteiger partial charge in [0.05, 0.1) is 18.2 Å². The molecule has 4 heteroatoms. The molecule has 78 valence electrons. The second-order valence-corrected chi connectivity index (χ2v) is 3.92. The fourth-order valence-electron chi connectivity index (χ4n) is 0.958. The lowest BCUT2D eigenvalue weighted by Crippen LogP contribution is -1.98. The van der Waals surface area contributed by atoms with E-state index in [1.165, 1.54) is 0 Å². The number of halogens is 2. The van der Waals surface area contributed by atoms with Crippen molar-refractivity contribution in [2.45, 2.75) is 6.42 Å². The van der Waals surface area contributed by atoms with Gasteiger partial charge in [0.25, 0.3) is 0 Å². The third kappa shape index (κ3) is 3.39. The average molecular weight is 280 g/mol. The minimum Gasteiger partial charge on any atom is -0.497 e. The Morgan fingerprint density at radius 1 is 1.43 bits per heavy atom. The zero-order chi connectivity index (χ0) is 10.4. The second kappa shape index (κ2) is 6.14. The molecule has 0 saturated carbocycles. The van der Waals surface area contributed by atoms with Crippen LogP contribution in [0.25, 0.3) is 0 Å². The Kier molecular flexibility index (Phi) is 5.12. The van der Waals surface area contributed by atoms with Gasteiger partial charge in [0.1, 0.15) is 11.5 Å². The van der Waals surface area contributed by atoms with Crippen molar-refractivity contribution < 1.29 is 9.47 Å². The van der Waals surface area contributed by atoms with Crippen molar-refractivity contribution in [3.8, 4) is 11.5 Å². The van der Waals surface area contributed by atoms with Crippen LogP contribution in [0.2, 0.25) is 0 Å². The molecule has 0 heterocycles. The molecule has 0 saturated heterocycles. The lowest BCUT2D eigenvalue weighted by Gasteiger charge is -2.08. The van der Waals surface area contributed by atoms with Gasteiger partial charge >= 0.3 is 0 Å². The molecule has 14 heavy (non-hydrogen) atoms. The molecule has 1 aromatic rings. The van der Waals surface area contributed by atoms with Crippen LogP contribution in [-0.4, -0.2) is 19.6 Å². The molecule has 1 rings (SSSR count). The van der Waals surface area contributed by atoms with Gasteiger partial charge in [-0.1, -0.05) is 0 Å². The first-order valence-corrected chi connectivity index (χ1v) is 5.63. The number of hydrogen-bond donors (Lipinski definition) is 0. The Morgan fingerprint density at radius 3 is 2.86 bits per heavy atom. The third-order valence-corrected chi connectivity index (χ3v) is 2.60. The van der Waals surface area contributed by atoms with Crippen molar-refractivity contribution in [3.63, 3.8) is 0 Å². The number of hydrogen-bond acceptors (Lipinski definition) is 2. The molecule has 2 nitrogen and oxygen atoms in total. The van der Waals surface area contributed by atoms with E-state index in [0.717, 1.165) is 22.4 Å². The maximum Gasteiger partial charge on any atom is 0.137 e. The van der Waals surface area contributed by atoms with Gasteiger partial charge < -0.3 is 9.47 Å². The maximum atomic E-state index is 5.55. The summed E-state index contributed by atoms with van der Waals surface area (Å²) < 4.78 is 11.5. The van der Waals surface area contributed by atoms with Crippen molar-refractivity contribution in [1.29, 1.82) is 0 Å². The molecule has 0 N–H and O–H groups in total. The Bertz CT molecular complexity index is 291. The van der Waals surface area contributed by atoms with Crippen LogP contribution >= 0.6 is 27.5 Å². The van der Waals surface area contributed by atoms with Crippen LogP contribution in [0, 0.1) is 0 Å². The summed E-state index contributed by atoms with van der Waals surface area (Å²) >= 11 is 8.95. The molecule has 0 bridgehead atoms. The number of methoxy groups -OCH3 is 1. The summed E-state index contributed by atoms with van der Waals surface area (Å²) in [5, 5.41) is 0. The van der Waals surface area contributed by atoms with Crippen LogP contribution < -0.4 is 9.47 Å². The van der Waals surface area contributed by atoms with Crippen molar-refractivity contribution in [2.24, 2.45) is 0 Å². The zero-order valence-corrected chi connectivity index (χ0v) is 10.3. The van der Waals surface area contributed by atoms with Crippen molar-refractivity contribution >= 4 is 27.5 Å². The highest BCUT2D eigenvalue weighted by atomic mass is 79.9. The molecule has 0 radical (unpaired) electrons. The van der Waals surface area contributed by atoms with Gasteiger partial charge in [-0.15, -0.1) is 11.6 Å². The third-order valence-electron chi connectivity index (χ3n) is 1.67. The van der Waals surface area contributed by atoms with E-state index in [0.29, 0.717) is 12.5 Å². The van der Waals surface area contributed by atoms with Crippen LogP contribution in [0.15, 0.2) is 22.7 Å². The fourth-order valence-corrected chi connectivity index (χ4v) is 1.43. The largest absolute Gasteiger partial charge is 0.497 e. The summed E-state index contributed by atoms with van der Waals surface area (Å²) in [6.45, 7) is 0.620. The molecule has 0 aromatic heterocycles. The SMILES string of the molecule is COc1ccc(Br)c(OCCCCl)c1. The van der Waals surface area contributed by atoms with Crippen LogP contribution in [0.4, 0.5) is 0 Å². The highest BCUT2D eigenvalue weighted by Crippen LogP contribution is 2.29. The number of alkyl halides is 1. The molecular weight excluding hydrogens is 267 g/mol. The normalized spacial score (nSPS) is 9.93. The summed E-state index contributed by atoms with van der Waals surface area (Å²) in [4.78, 5) is 0. The van der Waals surface area contributed by atoms with Crippen molar-refractivity contribution in [3.05, 3.63) is 22.7 Å². The minimum absolute atomic E-state index is 0.613. The highest BCUT2D eigenvalue weighted by molar-refractivity contribution is 9.10. The summed E-state index contributed by atoms with van der Waals surface area (Å²) in [7, 11) is 1.63. The number of ether oxygens (including phenoxy) is 2. The van der Waals surface area contributed by atoms with Crippen molar-refractivity contribution in [2.75, 3.05) is 19.6 Å². The van der Waals surface area contributed by atoms with Crippen LogP contribution in [0.5, 0.6) is 11.5 Å². The molecule has 0 aliphatic carbocycles. The molecular formula is C10H12BrClO2. The summed E-state index contributed by atoms with van der Waals surface area (Å²) in [6.07, 6.45) is 0.838. The summed E-state index contributed by atoms with van der Waals surface area (Å²) in [5.41, 5.74) is 0. The predicted molar refractivity (Wildman–Crippen MR) is 61.5 cm³/mol. The van der Waals surface area contributed by atoms with Gasteiger partial charge in [-0.2, -0.15) is 0 Å². The topological polar surface area (TPSA) is 18.5 Å². The van der Waals surface area contributed by atoms with Gasteiger partial charge in [-0.3, -0.25) is 0 Å². The maximum absolute atomic E-state index is 5.55. The molecule has 0 unspecified atom stereocenters. The van der Waals surface area contributed by atoms with Gasteiger partial charge in [-0.25, -0.2) is 0 Å². The van der Waals surface area contributed by atoms with E-state index in [2.05, 4.69) is 15.9 Å². The quantitative estimate of drug-likeness (QED) is 0.607. The lowest BCUT2D eigenvalue weighted by molar-refractivity contribution is 0.313. The first kappa shape index (κ1) is 11.7. The molecule has 0 spiro atoms. The molecule has 0 aliphatic heterocycles. The standard InChI is InChI=1S/C10H12BrClO2/c1-13-8-3-4-9(11)10(7-8)14-6-2-5-12/h3-4,7H,2,5-6H2,1H3. The van der Waals surface area contributed by atoms with E-state index >= 15 is 0 Å². The molecule has 0 atom stereocenters. The van der Waals surface area contributed by atoms with Crippen LogP contribution in [-0.2, 0) is 0 Å². The zero-order valence-electron chi connectivity index (χ0n) is 7.93. The monoisotopic (exact) mass is 278 g/mol. The van der Waals surface area contributed by atoms with Gasteiger partial charge in [0, 0.05) is 11.9 Å². The van der Waals surface area contributed by atoms with Gasteiger partial charge in [0.15, 0.2) is 0 Å². The molecule has 0 aliphatic rings. The Morgan fingerprint density at radius 2 is 2.21 bits per heavy atom. The number of benzene rings is 1. The van der Waals surface area contributed by atoms with Crippen molar-refractivity contribution in [1.82, 2.24) is 0 Å². The first-order chi connectivity index (χ1) is 6.77. The van der Waals surface area contributed by atoms with E-state index in [1.807, 2.05) is 18.2 Å². The van der Waals surface area contributed by atoms with E-state index in [9.17, 15) is 0 Å². The average Bonchev–Trinajstić information content (AvgIpc) is 2.21. The smallest absolute Gasteiger partial charge is 0.137 e. The van der Waals surface area contributed by atoms with E-state index in [4.69, 9.17) is 21.1 Å². The highest BCUT2D eigenvalue weighted by Gasteiger charge is 2.02. The molecule has 1 aromatic carbocycles. The lowest BCUT2D eigenvalue weighted by atomic mass is 10.3. The van der Waals surface area contributed by atoms with E-state index < -0.39 is 0 Å². The van der Waals surface area contributed by atoms with Gasteiger partial charge in [-0.05, 0) is 34.5 Å². The Labute approximate surface area is 97.3 Å².